The molecule has 5 heteroatoms. The molecule has 0 bridgehead atoms. The van der Waals surface area contributed by atoms with Crippen LogP contribution in [0.4, 0.5) is 0 Å². The molecule has 1 unspecified atom stereocenters. The molecule has 0 saturated heterocycles. The van der Waals surface area contributed by atoms with Crippen molar-refractivity contribution in [1.82, 2.24) is 0 Å². The van der Waals surface area contributed by atoms with Crippen LogP contribution in [0.1, 0.15) is 6.92 Å². The van der Waals surface area contributed by atoms with Gasteiger partial charge in [-0.3, -0.25) is 0 Å². The SMILES string of the molecule is C=COC(COC)COCCOC.CC=COC. The van der Waals surface area contributed by atoms with Crippen LogP contribution in [0, 0.1) is 0 Å². The maximum Gasteiger partial charge on any atom is 0.144 e. The average Bonchev–Trinajstić information content (AvgIpc) is 2.37. The van der Waals surface area contributed by atoms with E-state index >= 15 is 0 Å². The predicted octanol–water partition coefficient (Wildman–Crippen LogP) is 1.99. The van der Waals surface area contributed by atoms with Crippen molar-refractivity contribution in [2.24, 2.45) is 0 Å². The van der Waals surface area contributed by atoms with Crippen molar-refractivity contribution < 1.29 is 23.7 Å². The molecular formula is C13H26O5. The second kappa shape index (κ2) is 18.3. The van der Waals surface area contributed by atoms with E-state index in [-0.39, 0.29) is 6.10 Å². The molecule has 5 nitrogen and oxygen atoms in total. The zero-order valence-electron chi connectivity index (χ0n) is 11.9. The number of rotatable bonds is 10. The minimum atomic E-state index is -0.0839. The third-order valence-corrected chi connectivity index (χ3v) is 1.65. The van der Waals surface area contributed by atoms with Gasteiger partial charge in [0.05, 0.1) is 46.1 Å². The molecule has 0 aromatic carbocycles. The average molecular weight is 262 g/mol. The Morgan fingerprint density at radius 1 is 1.06 bits per heavy atom. The lowest BCUT2D eigenvalue weighted by Gasteiger charge is -2.15. The van der Waals surface area contributed by atoms with Gasteiger partial charge in [-0.15, -0.1) is 0 Å². The summed E-state index contributed by atoms with van der Waals surface area (Å²) in [6, 6.07) is 0. The van der Waals surface area contributed by atoms with Gasteiger partial charge in [0.25, 0.3) is 0 Å². The number of methoxy groups -OCH3 is 3. The summed E-state index contributed by atoms with van der Waals surface area (Å²) in [5.74, 6) is 0. The highest BCUT2D eigenvalue weighted by molar-refractivity contribution is 4.63. The summed E-state index contributed by atoms with van der Waals surface area (Å²) < 4.78 is 24.7. The third-order valence-electron chi connectivity index (χ3n) is 1.65. The van der Waals surface area contributed by atoms with E-state index in [9.17, 15) is 0 Å². The predicted molar refractivity (Wildman–Crippen MR) is 71.5 cm³/mol. The van der Waals surface area contributed by atoms with Gasteiger partial charge in [-0.05, 0) is 6.92 Å². The molecule has 1 atom stereocenters. The maximum absolute atomic E-state index is 5.26. The second-order valence-corrected chi connectivity index (χ2v) is 3.15. The summed E-state index contributed by atoms with van der Waals surface area (Å²) in [4.78, 5) is 0. The van der Waals surface area contributed by atoms with Gasteiger partial charge in [0.15, 0.2) is 0 Å². The smallest absolute Gasteiger partial charge is 0.144 e. The van der Waals surface area contributed by atoms with Crippen LogP contribution in [-0.4, -0.2) is 53.9 Å². The molecule has 108 valence electrons. The van der Waals surface area contributed by atoms with Crippen molar-refractivity contribution in [2.45, 2.75) is 13.0 Å². The lowest BCUT2D eigenvalue weighted by molar-refractivity contribution is -0.0243. The quantitative estimate of drug-likeness (QED) is 0.445. The molecule has 0 saturated carbocycles. The van der Waals surface area contributed by atoms with Gasteiger partial charge in [-0.2, -0.15) is 0 Å². The van der Waals surface area contributed by atoms with Crippen molar-refractivity contribution in [3.8, 4) is 0 Å². The topological polar surface area (TPSA) is 46.2 Å². The Morgan fingerprint density at radius 2 is 1.78 bits per heavy atom. The third kappa shape index (κ3) is 17.4. The monoisotopic (exact) mass is 262 g/mol. The van der Waals surface area contributed by atoms with E-state index in [0.29, 0.717) is 26.4 Å². The number of hydrogen-bond acceptors (Lipinski definition) is 5. The Hall–Kier alpha value is -1.04. The van der Waals surface area contributed by atoms with Gasteiger partial charge >= 0.3 is 0 Å². The van der Waals surface area contributed by atoms with Crippen LogP contribution in [0.3, 0.4) is 0 Å². The zero-order chi connectivity index (χ0) is 14.1. The Labute approximate surface area is 110 Å². The number of hydrogen-bond donors (Lipinski definition) is 0. The van der Waals surface area contributed by atoms with Crippen molar-refractivity contribution in [2.75, 3.05) is 47.8 Å². The lowest BCUT2D eigenvalue weighted by Crippen LogP contribution is -2.24. The number of allylic oxidation sites excluding steroid dienone is 1. The molecule has 0 heterocycles. The first-order valence-corrected chi connectivity index (χ1v) is 5.72. The number of ether oxygens (including phenoxy) is 5. The Morgan fingerprint density at radius 3 is 2.17 bits per heavy atom. The summed E-state index contributed by atoms with van der Waals surface area (Å²) >= 11 is 0. The van der Waals surface area contributed by atoms with E-state index in [0.717, 1.165) is 0 Å². The molecule has 0 aromatic heterocycles. The van der Waals surface area contributed by atoms with E-state index < -0.39 is 0 Å². The fourth-order valence-electron chi connectivity index (χ4n) is 0.942. The largest absolute Gasteiger partial charge is 0.505 e. The molecule has 0 aromatic rings. The van der Waals surface area contributed by atoms with Crippen LogP contribution < -0.4 is 0 Å². The van der Waals surface area contributed by atoms with Crippen molar-refractivity contribution in [3.05, 3.63) is 25.2 Å². The fourth-order valence-corrected chi connectivity index (χ4v) is 0.942. The van der Waals surface area contributed by atoms with Gasteiger partial charge in [0.1, 0.15) is 6.10 Å². The van der Waals surface area contributed by atoms with Crippen molar-refractivity contribution in [3.63, 3.8) is 0 Å². The highest BCUT2D eigenvalue weighted by Crippen LogP contribution is 1.94. The van der Waals surface area contributed by atoms with Crippen LogP contribution in [0.2, 0.25) is 0 Å². The van der Waals surface area contributed by atoms with Gasteiger partial charge in [0, 0.05) is 14.2 Å². The van der Waals surface area contributed by atoms with Crippen molar-refractivity contribution >= 4 is 0 Å². The van der Waals surface area contributed by atoms with E-state index in [1.165, 1.54) is 6.26 Å². The molecule has 0 aliphatic rings. The van der Waals surface area contributed by atoms with Gasteiger partial charge in [0.2, 0.25) is 0 Å². The highest BCUT2D eigenvalue weighted by atomic mass is 16.6. The molecular weight excluding hydrogens is 236 g/mol. The standard InChI is InChI=1S/C9H18O4.C4H8O/c1-4-13-9(7-11-3)8-12-6-5-10-2;1-3-4-5-2/h4,9H,1,5-8H2,2-3H3;3-4H,1-2H3. The minimum Gasteiger partial charge on any atom is -0.505 e. The van der Waals surface area contributed by atoms with Crippen LogP contribution in [-0.2, 0) is 23.7 Å². The molecule has 0 aliphatic heterocycles. The first kappa shape index (κ1) is 19.3. The minimum absolute atomic E-state index is 0.0839. The van der Waals surface area contributed by atoms with E-state index in [2.05, 4.69) is 11.3 Å². The normalized spacial score (nSPS) is 11.6. The van der Waals surface area contributed by atoms with E-state index in [1.54, 1.807) is 27.6 Å². The first-order valence-electron chi connectivity index (χ1n) is 5.72. The molecule has 0 radical (unpaired) electrons. The summed E-state index contributed by atoms with van der Waals surface area (Å²) in [6.45, 7) is 7.52. The van der Waals surface area contributed by atoms with Crippen LogP contribution in [0.5, 0.6) is 0 Å². The molecule has 0 amide bonds. The Balaban J connectivity index is 0. The van der Waals surface area contributed by atoms with E-state index in [1.807, 2.05) is 13.0 Å². The van der Waals surface area contributed by atoms with Gasteiger partial charge < -0.3 is 23.7 Å². The van der Waals surface area contributed by atoms with Crippen molar-refractivity contribution in [1.29, 1.82) is 0 Å². The summed E-state index contributed by atoms with van der Waals surface area (Å²) in [5.41, 5.74) is 0. The highest BCUT2D eigenvalue weighted by Gasteiger charge is 2.07. The second-order valence-electron chi connectivity index (χ2n) is 3.15. The van der Waals surface area contributed by atoms with Gasteiger partial charge in [-0.1, -0.05) is 12.7 Å². The molecule has 0 aliphatic carbocycles. The Bertz CT molecular complexity index is 182. The molecule has 0 fully saturated rings. The fraction of sp³-hybridized carbons (Fsp3) is 0.692. The lowest BCUT2D eigenvalue weighted by atomic mass is 10.4. The maximum atomic E-state index is 5.26. The van der Waals surface area contributed by atoms with Crippen LogP contribution in [0.25, 0.3) is 0 Å². The van der Waals surface area contributed by atoms with Crippen LogP contribution in [0.15, 0.2) is 25.2 Å². The summed E-state index contributed by atoms with van der Waals surface area (Å²) in [6.07, 6.45) is 4.77. The zero-order valence-corrected chi connectivity index (χ0v) is 11.9. The molecule has 0 spiro atoms. The Kier molecular flexibility index (Phi) is 19.7. The molecule has 18 heavy (non-hydrogen) atoms. The molecule has 0 rings (SSSR count). The van der Waals surface area contributed by atoms with Gasteiger partial charge in [-0.25, -0.2) is 0 Å². The first-order chi connectivity index (χ1) is 8.76. The van der Waals surface area contributed by atoms with Crippen LogP contribution >= 0.6 is 0 Å². The molecule has 0 N–H and O–H groups in total. The van der Waals surface area contributed by atoms with E-state index in [4.69, 9.17) is 18.9 Å². The summed E-state index contributed by atoms with van der Waals surface area (Å²) in [5, 5.41) is 0. The summed E-state index contributed by atoms with van der Waals surface area (Å²) in [7, 11) is 4.88.